The van der Waals surface area contributed by atoms with Crippen molar-refractivity contribution in [3.05, 3.63) is 88.4 Å². The van der Waals surface area contributed by atoms with E-state index in [2.05, 4.69) is 15.5 Å². The lowest BCUT2D eigenvalue weighted by molar-refractivity contribution is -0.123. The van der Waals surface area contributed by atoms with Crippen LogP contribution in [-0.2, 0) is 4.79 Å². The molecule has 2 aromatic carbocycles. The van der Waals surface area contributed by atoms with Crippen LogP contribution in [0, 0.1) is 6.92 Å². The number of aryl methyl sites for hydroxylation is 1. The first-order valence-electron chi connectivity index (χ1n) is 9.08. The highest BCUT2D eigenvalue weighted by Gasteiger charge is 2.18. The van der Waals surface area contributed by atoms with Crippen LogP contribution in [0.1, 0.15) is 22.0 Å². The number of hydrogen-bond donors (Lipinski definition) is 1. The van der Waals surface area contributed by atoms with Gasteiger partial charge in [-0.25, -0.2) is 0 Å². The lowest BCUT2D eigenvalue weighted by atomic mass is 10.0. The van der Waals surface area contributed by atoms with Gasteiger partial charge in [-0.05, 0) is 48.2 Å². The topological polar surface area (TPSA) is 77.2 Å². The van der Waals surface area contributed by atoms with E-state index in [1.165, 1.54) is 12.0 Å². The number of thiophene rings is 1. The van der Waals surface area contributed by atoms with E-state index in [9.17, 15) is 4.79 Å². The van der Waals surface area contributed by atoms with Gasteiger partial charge in [0.2, 0.25) is 12.3 Å². The molecule has 0 saturated heterocycles. The second-order valence-electron chi connectivity index (χ2n) is 6.48. The van der Waals surface area contributed by atoms with E-state index in [0.29, 0.717) is 11.6 Å². The van der Waals surface area contributed by atoms with Crippen molar-refractivity contribution in [3.8, 4) is 17.2 Å². The van der Waals surface area contributed by atoms with E-state index in [4.69, 9.17) is 9.15 Å². The van der Waals surface area contributed by atoms with Crippen molar-refractivity contribution in [2.45, 2.75) is 13.0 Å². The van der Waals surface area contributed by atoms with Crippen LogP contribution < -0.4 is 10.1 Å². The van der Waals surface area contributed by atoms with Gasteiger partial charge in [0.15, 0.2) is 6.61 Å². The molecule has 0 spiro atoms. The molecule has 1 N–H and O–H groups in total. The number of carbonyl (C=O) groups excluding carboxylic acids is 1. The minimum absolute atomic E-state index is 0.0758. The molecule has 4 aromatic rings. The lowest BCUT2D eigenvalue weighted by Crippen LogP contribution is -2.32. The average Bonchev–Trinajstić information content (AvgIpc) is 3.46. The summed E-state index contributed by atoms with van der Waals surface area (Å²) in [6.07, 6.45) is 1.28. The molecule has 4 rings (SSSR count). The van der Waals surface area contributed by atoms with Gasteiger partial charge in [-0.3, -0.25) is 4.79 Å². The van der Waals surface area contributed by atoms with Crippen LogP contribution in [-0.4, -0.2) is 22.7 Å². The maximum Gasteiger partial charge on any atom is 0.258 e. The number of benzene rings is 2. The summed E-state index contributed by atoms with van der Waals surface area (Å²) >= 11 is 1.61. The molecule has 2 aromatic heterocycles. The van der Waals surface area contributed by atoms with Crippen molar-refractivity contribution >= 4 is 17.2 Å². The Morgan fingerprint density at radius 3 is 2.59 bits per heavy atom. The zero-order valence-corrected chi connectivity index (χ0v) is 16.6. The van der Waals surface area contributed by atoms with E-state index >= 15 is 0 Å². The molecule has 6 nitrogen and oxygen atoms in total. The Morgan fingerprint density at radius 2 is 1.93 bits per heavy atom. The largest absolute Gasteiger partial charge is 0.484 e. The molecule has 0 unspecified atom stereocenters. The third kappa shape index (κ3) is 4.70. The third-order valence-corrected chi connectivity index (χ3v) is 5.31. The summed E-state index contributed by atoms with van der Waals surface area (Å²) in [6.45, 7) is 1.97. The second-order valence-corrected chi connectivity index (χ2v) is 7.46. The molecule has 29 heavy (non-hydrogen) atoms. The molecular formula is C22H19N3O3S. The second kappa shape index (κ2) is 8.70. The zero-order chi connectivity index (χ0) is 20.1. The van der Waals surface area contributed by atoms with Gasteiger partial charge >= 0.3 is 0 Å². The fourth-order valence-corrected chi connectivity index (χ4v) is 3.68. The van der Waals surface area contributed by atoms with Crippen LogP contribution in [0.5, 0.6) is 5.75 Å². The van der Waals surface area contributed by atoms with Crippen molar-refractivity contribution in [1.29, 1.82) is 0 Å². The fourth-order valence-electron chi connectivity index (χ4n) is 2.88. The Morgan fingerprint density at radius 1 is 1.14 bits per heavy atom. The van der Waals surface area contributed by atoms with E-state index < -0.39 is 0 Å². The summed E-state index contributed by atoms with van der Waals surface area (Å²) in [6, 6.07) is 19.1. The van der Waals surface area contributed by atoms with Gasteiger partial charge in [0.25, 0.3) is 5.91 Å². The number of amides is 1. The number of nitrogens with zero attached hydrogens (tertiary/aromatic N) is 2. The van der Waals surface area contributed by atoms with Gasteiger partial charge < -0.3 is 14.5 Å². The Labute approximate surface area is 172 Å². The maximum atomic E-state index is 12.6. The predicted molar refractivity (Wildman–Crippen MR) is 111 cm³/mol. The zero-order valence-electron chi connectivity index (χ0n) is 15.7. The molecular weight excluding hydrogens is 386 g/mol. The van der Waals surface area contributed by atoms with Crippen LogP contribution >= 0.6 is 11.3 Å². The summed E-state index contributed by atoms with van der Waals surface area (Å²) in [4.78, 5) is 13.6. The molecule has 0 aliphatic carbocycles. The van der Waals surface area contributed by atoms with E-state index in [0.717, 1.165) is 16.0 Å². The molecule has 146 valence electrons. The summed E-state index contributed by atoms with van der Waals surface area (Å²) in [5.74, 6) is 0.836. The van der Waals surface area contributed by atoms with Crippen molar-refractivity contribution in [3.63, 3.8) is 0 Å². The molecule has 0 bridgehead atoms. The van der Waals surface area contributed by atoms with Crippen molar-refractivity contribution in [1.82, 2.24) is 15.5 Å². The molecule has 0 saturated carbocycles. The Hall–Kier alpha value is -3.45. The summed E-state index contributed by atoms with van der Waals surface area (Å²) < 4.78 is 10.8. The number of hydrogen-bond acceptors (Lipinski definition) is 6. The minimum Gasteiger partial charge on any atom is -0.484 e. The lowest BCUT2D eigenvalue weighted by Gasteiger charge is -2.18. The highest BCUT2D eigenvalue weighted by molar-refractivity contribution is 7.10. The first kappa shape index (κ1) is 18.9. The molecule has 7 heteroatoms. The fraction of sp³-hybridized carbons (Fsp3) is 0.136. The quantitative estimate of drug-likeness (QED) is 0.493. The standard InChI is InChI=1S/C22H19N3O3S/c1-15-4-6-16(7-5-15)21(19-3-2-12-29-19)24-20(26)13-27-18-10-8-17(9-11-18)22-25-23-14-28-22/h2-12,14,21H,13H2,1H3,(H,24,26)/t21-/m0/s1. The smallest absolute Gasteiger partial charge is 0.258 e. The first-order chi connectivity index (χ1) is 14.2. The molecule has 0 radical (unpaired) electrons. The highest BCUT2D eigenvalue weighted by Crippen LogP contribution is 2.26. The van der Waals surface area contributed by atoms with Gasteiger partial charge in [0, 0.05) is 10.4 Å². The molecule has 1 atom stereocenters. The Bertz CT molecular complexity index is 1040. The monoisotopic (exact) mass is 405 g/mol. The van der Waals surface area contributed by atoms with E-state index in [-0.39, 0.29) is 18.6 Å². The SMILES string of the molecule is Cc1ccc([C@H](NC(=O)COc2ccc(-c3nnco3)cc2)c2cccs2)cc1. The minimum atomic E-state index is -0.202. The molecule has 0 fully saturated rings. The van der Waals surface area contributed by atoms with Gasteiger partial charge in [-0.15, -0.1) is 21.5 Å². The molecule has 1 amide bonds. The Balaban J connectivity index is 1.40. The number of carbonyl (C=O) groups is 1. The van der Waals surface area contributed by atoms with Crippen LogP contribution in [0.2, 0.25) is 0 Å². The van der Waals surface area contributed by atoms with Crippen molar-refractivity contribution in [2.24, 2.45) is 0 Å². The number of aromatic nitrogens is 2. The van der Waals surface area contributed by atoms with Crippen LogP contribution in [0.3, 0.4) is 0 Å². The van der Waals surface area contributed by atoms with Gasteiger partial charge in [-0.2, -0.15) is 0 Å². The highest BCUT2D eigenvalue weighted by atomic mass is 32.1. The van der Waals surface area contributed by atoms with Gasteiger partial charge in [-0.1, -0.05) is 35.9 Å². The number of nitrogens with one attached hydrogen (secondary N) is 1. The number of rotatable bonds is 7. The third-order valence-electron chi connectivity index (χ3n) is 4.37. The van der Waals surface area contributed by atoms with Crippen molar-refractivity contribution < 1.29 is 13.9 Å². The molecule has 0 aliphatic heterocycles. The van der Waals surface area contributed by atoms with Gasteiger partial charge in [0.05, 0.1) is 6.04 Å². The van der Waals surface area contributed by atoms with Crippen LogP contribution in [0.4, 0.5) is 0 Å². The normalized spacial score (nSPS) is 11.8. The predicted octanol–water partition coefficient (Wildman–Crippen LogP) is 4.39. The van der Waals surface area contributed by atoms with Gasteiger partial charge in [0.1, 0.15) is 5.75 Å². The number of ether oxygens (including phenoxy) is 1. The van der Waals surface area contributed by atoms with E-state index in [1.807, 2.05) is 60.8 Å². The average molecular weight is 405 g/mol. The maximum absolute atomic E-state index is 12.6. The molecule has 0 aliphatic rings. The summed E-state index contributed by atoms with van der Waals surface area (Å²) in [5, 5.41) is 12.6. The Kier molecular flexibility index (Phi) is 5.67. The van der Waals surface area contributed by atoms with Crippen LogP contribution in [0.25, 0.3) is 11.5 Å². The summed E-state index contributed by atoms with van der Waals surface area (Å²) in [7, 11) is 0. The summed E-state index contributed by atoms with van der Waals surface area (Å²) in [5.41, 5.74) is 3.00. The van der Waals surface area contributed by atoms with E-state index in [1.54, 1.807) is 23.5 Å². The first-order valence-corrected chi connectivity index (χ1v) is 9.96. The van der Waals surface area contributed by atoms with Crippen LogP contribution in [0.15, 0.2) is 76.9 Å². The molecule has 2 heterocycles. The van der Waals surface area contributed by atoms with Crippen molar-refractivity contribution in [2.75, 3.05) is 6.61 Å².